The minimum atomic E-state index is -0.0352. The fourth-order valence-corrected chi connectivity index (χ4v) is 2.55. The second kappa shape index (κ2) is 15.4. The molecule has 0 fully saturated rings. The maximum absolute atomic E-state index is 9.77. The van der Waals surface area contributed by atoms with Gasteiger partial charge in [-0.3, -0.25) is 0 Å². The summed E-state index contributed by atoms with van der Waals surface area (Å²) in [7, 11) is 0. The van der Waals surface area contributed by atoms with E-state index in [1.807, 2.05) is 0 Å². The van der Waals surface area contributed by atoms with E-state index in [9.17, 15) is 5.11 Å². The van der Waals surface area contributed by atoms with Crippen LogP contribution >= 0.6 is 12.6 Å². The summed E-state index contributed by atoms with van der Waals surface area (Å²) in [6.07, 6.45) is 16.3. The number of rotatable bonds is 14. The van der Waals surface area contributed by atoms with Crippen LogP contribution in [0, 0.1) is 0 Å². The number of aliphatic hydroxyl groups is 1. The first-order chi connectivity index (χ1) is 8.81. The van der Waals surface area contributed by atoms with Crippen molar-refractivity contribution in [2.24, 2.45) is 0 Å². The predicted molar refractivity (Wildman–Crippen MR) is 85.6 cm³/mol. The third kappa shape index (κ3) is 14.4. The number of unbranched alkanes of at least 4 members (excludes halogenated alkanes) is 9. The molecule has 0 bridgehead atoms. The first-order valence-electron chi connectivity index (χ1n) is 8.10. The van der Waals surface area contributed by atoms with Gasteiger partial charge in [-0.1, -0.05) is 71.1 Å². The molecule has 0 aromatic carbocycles. The van der Waals surface area contributed by atoms with Crippen molar-refractivity contribution in [1.82, 2.24) is 0 Å². The van der Waals surface area contributed by atoms with Crippen LogP contribution in [0.2, 0.25) is 0 Å². The van der Waals surface area contributed by atoms with Crippen LogP contribution in [0.4, 0.5) is 0 Å². The molecule has 1 unspecified atom stereocenters. The minimum Gasteiger partial charge on any atom is -0.393 e. The number of hydrogen-bond donors (Lipinski definition) is 2. The molecule has 0 saturated carbocycles. The topological polar surface area (TPSA) is 20.2 Å². The summed E-state index contributed by atoms with van der Waals surface area (Å²) in [6.45, 7) is 2.21. The van der Waals surface area contributed by atoms with Crippen molar-refractivity contribution in [3.05, 3.63) is 0 Å². The summed E-state index contributed by atoms with van der Waals surface area (Å²) in [6, 6.07) is 0. The zero-order valence-corrected chi connectivity index (χ0v) is 13.3. The summed E-state index contributed by atoms with van der Waals surface area (Å²) < 4.78 is 0. The van der Waals surface area contributed by atoms with Crippen LogP contribution in [0.25, 0.3) is 0 Å². The van der Waals surface area contributed by atoms with E-state index >= 15 is 0 Å². The third-order valence-electron chi connectivity index (χ3n) is 3.59. The summed E-state index contributed by atoms with van der Waals surface area (Å²) in [5.41, 5.74) is 0. The van der Waals surface area contributed by atoms with Crippen molar-refractivity contribution in [3.8, 4) is 0 Å². The van der Waals surface area contributed by atoms with Crippen LogP contribution in [-0.4, -0.2) is 17.0 Å². The van der Waals surface area contributed by atoms with Crippen molar-refractivity contribution in [3.63, 3.8) is 0 Å². The highest BCUT2D eigenvalue weighted by Crippen LogP contribution is 2.13. The van der Waals surface area contributed by atoms with E-state index in [4.69, 9.17) is 0 Å². The van der Waals surface area contributed by atoms with Crippen molar-refractivity contribution >= 4 is 12.6 Å². The average Bonchev–Trinajstić information content (AvgIpc) is 2.37. The molecule has 0 rings (SSSR count). The zero-order valence-electron chi connectivity index (χ0n) is 12.4. The van der Waals surface area contributed by atoms with Gasteiger partial charge in [-0.15, -0.1) is 0 Å². The molecule has 0 aromatic heterocycles. The van der Waals surface area contributed by atoms with Gasteiger partial charge in [-0.05, 0) is 25.0 Å². The lowest BCUT2D eigenvalue weighted by Crippen LogP contribution is -2.05. The minimum absolute atomic E-state index is 0.0352. The van der Waals surface area contributed by atoms with Gasteiger partial charge in [0.2, 0.25) is 0 Å². The second-order valence-electron chi connectivity index (χ2n) is 5.49. The lowest BCUT2D eigenvalue weighted by molar-refractivity contribution is 0.147. The average molecular weight is 275 g/mol. The van der Waals surface area contributed by atoms with Crippen LogP contribution in [0.5, 0.6) is 0 Å². The molecule has 0 amide bonds. The molecule has 0 spiro atoms. The smallest absolute Gasteiger partial charge is 0.0540 e. The Morgan fingerprint density at radius 3 is 1.67 bits per heavy atom. The highest BCUT2D eigenvalue weighted by Gasteiger charge is 2.02. The van der Waals surface area contributed by atoms with Crippen molar-refractivity contribution in [1.29, 1.82) is 0 Å². The van der Waals surface area contributed by atoms with Gasteiger partial charge in [0.05, 0.1) is 6.10 Å². The standard InChI is InChI=1S/C16H34OS/c1-2-3-10-13-16(17)14-11-8-6-4-5-7-9-12-15-18/h16-18H,2-15H2,1H3. The van der Waals surface area contributed by atoms with Crippen molar-refractivity contribution < 1.29 is 5.11 Å². The molecule has 0 aliphatic rings. The molecule has 0 aliphatic carbocycles. The van der Waals surface area contributed by atoms with E-state index in [1.165, 1.54) is 70.6 Å². The molecule has 0 aliphatic heterocycles. The Balaban J connectivity index is 3.05. The number of aliphatic hydroxyl groups excluding tert-OH is 1. The van der Waals surface area contributed by atoms with Crippen LogP contribution in [0.1, 0.15) is 90.4 Å². The maximum Gasteiger partial charge on any atom is 0.0540 e. The SMILES string of the molecule is CCCCCC(O)CCCCCCCCCCS. The molecule has 1 N–H and O–H groups in total. The summed E-state index contributed by atoms with van der Waals surface area (Å²) in [5, 5.41) is 9.77. The Hall–Kier alpha value is 0.310. The molecule has 18 heavy (non-hydrogen) atoms. The molecule has 0 heterocycles. The molecule has 1 nitrogen and oxygen atoms in total. The molecule has 0 aromatic rings. The number of thiol groups is 1. The molecular weight excluding hydrogens is 240 g/mol. The lowest BCUT2D eigenvalue weighted by Gasteiger charge is -2.09. The quantitative estimate of drug-likeness (QED) is 0.322. The first kappa shape index (κ1) is 18.3. The van der Waals surface area contributed by atoms with Gasteiger partial charge in [-0.25, -0.2) is 0 Å². The Morgan fingerprint density at radius 1 is 0.722 bits per heavy atom. The van der Waals surface area contributed by atoms with E-state index in [-0.39, 0.29) is 6.10 Å². The van der Waals surface area contributed by atoms with Crippen LogP contribution in [0.3, 0.4) is 0 Å². The molecule has 110 valence electrons. The van der Waals surface area contributed by atoms with Gasteiger partial charge < -0.3 is 5.11 Å². The van der Waals surface area contributed by atoms with Gasteiger partial charge in [0.25, 0.3) is 0 Å². The molecule has 2 heteroatoms. The maximum atomic E-state index is 9.77. The van der Waals surface area contributed by atoms with Crippen LogP contribution < -0.4 is 0 Å². The highest BCUT2D eigenvalue weighted by atomic mass is 32.1. The highest BCUT2D eigenvalue weighted by molar-refractivity contribution is 7.80. The first-order valence-corrected chi connectivity index (χ1v) is 8.73. The Morgan fingerprint density at radius 2 is 1.17 bits per heavy atom. The largest absolute Gasteiger partial charge is 0.393 e. The molecular formula is C16H34OS. The summed E-state index contributed by atoms with van der Waals surface area (Å²) >= 11 is 4.22. The van der Waals surface area contributed by atoms with E-state index in [0.29, 0.717) is 0 Å². The fraction of sp³-hybridized carbons (Fsp3) is 1.00. The van der Waals surface area contributed by atoms with Crippen LogP contribution in [0.15, 0.2) is 0 Å². The van der Waals surface area contributed by atoms with E-state index in [1.54, 1.807) is 0 Å². The predicted octanol–water partition coefficient (Wildman–Crippen LogP) is 5.37. The second-order valence-corrected chi connectivity index (χ2v) is 5.94. The monoisotopic (exact) mass is 274 g/mol. The van der Waals surface area contributed by atoms with Gasteiger partial charge in [0.1, 0.15) is 0 Å². The van der Waals surface area contributed by atoms with Gasteiger partial charge >= 0.3 is 0 Å². The lowest BCUT2D eigenvalue weighted by atomic mass is 10.0. The van der Waals surface area contributed by atoms with E-state index < -0.39 is 0 Å². The number of hydrogen-bond acceptors (Lipinski definition) is 2. The molecule has 1 atom stereocenters. The van der Waals surface area contributed by atoms with E-state index in [0.717, 1.165) is 18.6 Å². The molecule has 0 saturated heterocycles. The van der Waals surface area contributed by atoms with Gasteiger partial charge in [-0.2, -0.15) is 12.6 Å². The Kier molecular flexibility index (Phi) is 15.6. The molecule has 0 radical (unpaired) electrons. The van der Waals surface area contributed by atoms with Crippen molar-refractivity contribution in [2.75, 3.05) is 5.75 Å². The van der Waals surface area contributed by atoms with Gasteiger partial charge in [0, 0.05) is 0 Å². The normalized spacial score (nSPS) is 12.8. The fourth-order valence-electron chi connectivity index (χ4n) is 2.33. The third-order valence-corrected chi connectivity index (χ3v) is 3.90. The summed E-state index contributed by atoms with van der Waals surface area (Å²) in [4.78, 5) is 0. The summed E-state index contributed by atoms with van der Waals surface area (Å²) in [5.74, 6) is 1.04. The van der Waals surface area contributed by atoms with Gasteiger partial charge in [0.15, 0.2) is 0 Å². The Labute approximate surface area is 120 Å². The zero-order chi connectivity index (χ0) is 13.5. The van der Waals surface area contributed by atoms with Crippen LogP contribution in [-0.2, 0) is 0 Å². The Bertz CT molecular complexity index is 150. The van der Waals surface area contributed by atoms with E-state index in [2.05, 4.69) is 19.6 Å². The van der Waals surface area contributed by atoms with Crippen molar-refractivity contribution in [2.45, 2.75) is 96.5 Å².